The summed E-state index contributed by atoms with van der Waals surface area (Å²) >= 11 is 11.8. The van der Waals surface area contributed by atoms with Gasteiger partial charge in [-0.3, -0.25) is 29.0 Å². The zero-order valence-corrected chi connectivity index (χ0v) is 43.0. The van der Waals surface area contributed by atoms with Gasteiger partial charge in [0.15, 0.2) is 11.4 Å². The highest BCUT2D eigenvalue weighted by Crippen LogP contribution is 2.36. The SMILES string of the molecule is CC.CCC.CCO.COC1(C(=O)NCc2ccc(Cl)cc2)CN(C(=N)c2cc(-c3cnn(C)c3)cn2N)C1.Cn1cc(-c2cc3c(N4CC(C)(C(=O)NCc5ccc(Cl)cc5)C4)ncnn3c2)cn1. The Hall–Kier alpha value is -6.73. The second kappa shape index (κ2) is 24.7. The van der Waals surface area contributed by atoms with Crippen LogP contribution >= 0.6 is 23.2 Å². The van der Waals surface area contributed by atoms with E-state index in [4.69, 9.17) is 44.3 Å². The predicted octanol–water partition coefficient (Wildman–Crippen LogP) is 6.97. The number of likely N-dealkylation sites (tertiary alicyclic amines) is 1. The van der Waals surface area contributed by atoms with E-state index >= 15 is 0 Å². The number of benzene rings is 2. The van der Waals surface area contributed by atoms with Crippen molar-refractivity contribution in [2.75, 3.05) is 50.6 Å². The molecule has 0 bridgehead atoms. The number of rotatable bonds is 11. The van der Waals surface area contributed by atoms with Gasteiger partial charge in [-0.1, -0.05) is 81.6 Å². The summed E-state index contributed by atoms with van der Waals surface area (Å²) in [6.07, 6.45) is 13.9. The average Bonchev–Trinajstić information content (AvgIpc) is 4.15. The van der Waals surface area contributed by atoms with Gasteiger partial charge in [0.25, 0.3) is 5.91 Å². The molecule has 7 aromatic rings. The Morgan fingerprint density at radius 2 is 1.26 bits per heavy atom. The van der Waals surface area contributed by atoms with Crippen molar-refractivity contribution < 1.29 is 19.4 Å². The molecule has 2 aromatic carbocycles. The Morgan fingerprint density at radius 1 is 0.771 bits per heavy atom. The maximum atomic E-state index is 12.8. The first-order chi connectivity index (χ1) is 33.5. The first-order valence-electron chi connectivity index (χ1n) is 23.1. The molecular weight excluding hydrogens is 932 g/mol. The highest BCUT2D eigenvalue weighted by molar-refractivity contribution is 6.30. The number of ether oxygens (including phenoxy) is 1. The maximum absolute atomic E-state index is 12.8. The molecule has 6 N–H and O–H groups in total. The number of nitrogens with one attached hydrogen (secondary N) is 3. The van der Waals surface area contributed by atoms with Crippen molar-refractivity contribution in [3.63, 3.8) is 0 Å². The van der Waals surface area contributed by atoms with Crippen LogP contribution in [0.25, 0.3) is 27.8 Å². The number of nitrogens with two attached hydrogens (primary N) is 1. The number of amides is 2. The molecule has 2 aliphatic rings. The summed E-state index contributed by atoms with van der Waals surface area (Å²) < 4.78 is 12.3. The summed E-state index contributed by atoms with van der Waals surface area (Å²) in [6.45, 7) is 14.7. The molecule has 2 fully saturated rings. The van der Waals surface area contributed by atoms with E-state index in [-0.39, 0.29) is 37.3 Å². The Morgan fingerprint density at radius 3 is 1.73 bits per heavy atom. The summed E-state index contributed by atoms with van der Waals surface area (Å²) in [6, 6.07) is 18.7. The van der Waals surface area contributed by atoms with Crippen LogP contribution in [0.4, 0.5) is 5.82 Å². The lowest BCUT2D eigenvalue weighted by molar-refractivity contribution is -0.159. The molecule has 18 nitrogen and oxygen atoms in total. The number of fused-ring (bicyclic) bond motifs is 1. The smallest absolute Gasteiger partial charge is 0.256 e. The zero-order valence-electron chi connectivity index (χ0n) is 41.4. The lowest BCUT2D eigenvalue weighted by atomic mass is 9.81. The number of aromatic nitrogens is 8. The third-order valence-corrected chi connectivity index (χ3v) is 11.7. The van der Waals surface area contributed by atoms with Gasteiger partial charge >= 0.3 is 0 Å². The number of anilines is 1. The first kappa shape index (κ1) is 54.2. The largest absolute Gasteiger partial charge is 0.397 e. The van der Waals surface area contributed by atoms with Gasteiger partial charge in [0.1, 0.15) is 23.4 Å². The molecule has 0 atom stereocenters. The third kappa shape index (κ3) is 13.1. The number of hydrogen-bond acceptors (Lipinski definition) is 11. The summed E-state index contributed by atoms with van der Waals surface area (Å²) in [4.78, 5) is 34.0. The normalized spacial score (nSPS) is 13.9. The molecule has 0 saturated carbocycles. The van der Waals surface area contributed by atoms with E-state index in [9.17, 15) is 9.59 Å². The van der Waals surface area contributed by atoms with Gasteiger partial charge in [0.2, 0.25) is 5.91 Å². The number of carbonyl (C=O) groups is 2. The van der Waals surface area contributed by atoms with Gasteiger partial charge in [0.05, 0.1) is 30.9 Å². The van der Waals surface area contributed by atoms with Crippen LogP contribution in [-0.2, 0) is 41.5 Å². The van der Waals surface area contributed by atoms with Gasteiger partial charge in [0, 0.05) is 111 Å². The minimum absolute atomic E-state index is 0.0372. The summed E-state index contributed by atoms with van der Waals surface area (Å²) in [5.74, 6) is 6.97. The number of methoxy groups -OCH3 is 1. The highest BCUT2D eigenvalue weighted by atomic mass is 35.5. The minimum atomic E-state index is -1.00. The van der Waals surface area contributed by atoms with E-state index in [0.29, 0.717) is 41.9 Å². The van der Waals surface area contributed by atoms with Crippen LogP contribution < -0.4 is 21.4 Å². The fourth-order valence-electron chi connectivity index (χ4n) is 7.57. The Kier molecular flexibility index (Phi) is 19.1. The van der Waals surface area contributed by atoms with Crippen LogP contribution in [0.15, 0.2) is 104 Å². The Labute approximate surface area is 419 Å². The number of carbonyl (C=O) groups excluding carboxylic acids is 2. The Bertz CT molecular complexity index is 2780. The average molecular weight is 998 g/mol. The molecule has 2 aliphatic heterocycles. The lowest BCUT2D eigenvalue weighted by Crippen LogP contribution is -2.70. The lowest BCUT2D eigenvalue weighted by Gasteiger charge is -2.48. The monoisotopic (exact) mass is 996 g/mol. The van der Waals surface area contributed by atoms with Crippen LogP contribution in [0, 0.1) is 10.8 Å². The fourth-order valence-corrected chi connectivity index (χ4v) is 7.83. The molecule has 0 radical (unpaired) electrons. The van der Waals surface area contributed by atoms with Crippen molar-refractivity contribution in [2.45, 2.75) is 66.7 Å². The summed E-state index contributed by atoms with van der Waals surface area (Å²) in [5, 5.41) is 36.2. The molecule has 2 saturated heterocycles. The quantitative estimate of drug-likeness (QED) is 0.0507. The summed E-state index contributed by atoms with van der Waals surface area (Å²) in [7, 11) is 5.24. The predicted molar refractivity (Wildman–Crippen MR) is 277 cm³/mol. The maximum Gasteiger partial charge on any atom is 0.256 e. The van der Waals surface area contributed by atoms with Gasteiger partial charge in [-0.2, -0.15) is 15.3 Å². The number of aliphatic hydroxyl groups excluding tert-OH is 1. The molecule has 7 heterocycles. The molecular formula is C50H66Cl2N14O4. The molecule has 9 rings (SSSR count). The van der Waals surface area contributed by atoms with Crippen molar-refractivity contribution in [3.05, 3.63) is 131 Å². The van der Waals surface area contributed by atoms with Crippen molar-refractivity contribution in [2.24, 2.45) is 19.5 Å². The minimum Gasteiger partial charge on any atom is -0.397 e. The van der Waals surface area contributed by atoms with E-state index in [1.165, 1.54) is 18.2 Å². The van der Waals surface area contributed by atoms with Gasteiger partial charge < -0.3 is 36.1 Å². The van der Waals surface area contributed by atoms with Crippen molar-refractivity contribution in [3.8, 4) is 22.3 Å². The molecule has 0 aliphatic carbocycles. The molecule has 374 valence electrons. The molecule has 20 heteroatoms. The second-order valence-corrected chi connectivity index (χ2v) is 17.8. The van der Waals surface area contributed by atoms with Crippen molar-refractivity contribution in [1.29, 1.82) is 5.41 Å². The number of aryl methyl sites for hydroxylation is 2. The Balaban J connectivity index is 0.000000227. The number of aliphatic hydroxyl groups is 1. The van der Waals surface area contributed by atoms with Crippen LogP contribution in [0.2, 0.25) is 10.0 Å². The van der Waals surface area contributed by atoms with Gasteiger partial charge in [-0.15, -0.1) is 0 Å². The fraction of sp³-hybridized carbons (Fsp3) is 0.380. The first-order valence-corrected chi connectivity index (χ1v) is 23.9. The van der Waals surface area contributed by atoms with Gasteiger partial charge in [-0.25, -0.2) is 9.50 Å². The topological polar surface area (TPSA) is 215 Å². The van der Waals surface area contributed by atoms with Crippen molar-refractivity contribution in [1.82, 2.24) is 54.4 Å². The van der Waals surface area contributed by atoms with Crippen LogP contribution in [0.5, 0.6) is 0 Å². The number of hydrogen-bond donors (Lipinski definition) is 5. The molecule has 5 aromatic heterocycles. The van der Waals surface area contributed by atoms with E-state index < -0.39 is 11.0 Å². The molecule has 0 unspecified atom stereocenters. The second-order valence-electron chi connectivity index (χ2n) is 16.9. The number of amidine groups is 1. The van der Waals surface area contributed by atoms with E-state index in [2.05, 4.69) is 55.7 Å². The number of nitrogen functional groups attached to an aromatic ring is 1. The standard InChI is InChI=1S/C22H22ClN7O.C21H24ClN7O2.C3H8.C2H6O.C2H6/c1-22(21(31)24-8-15-3-5-18(23)6-4-15)12-29(13-22)20-19-7-16(11-30(19)27-14-25-20)17-9-26-28(2)10-17;1-27-10-16(9-26-27)15-7-18(29(24)11-15)19(23)28-12-21(13-28,31-2)20(30)25-8-14-3-5-17(22)6-4-14;1-3-2;1-2-3;1-2/h3-7,9-11,14H,8,12-13H2,1-2H3,(H,24,31);3-7,9-11,23H,8,12-13,24H2,1-2H3,(H,25,30);3H2,1-2H3;3H,2H2,1H3;1-2H3. The van der Waals surface area contributed by atoms with Gasteiger partial charge in [-0.05, 0) is 61.4 Å². The van der Waals surface area contributed by atoms with E-state index in [1.54, 1.807) is 52.0 Å². The summed E-state index contributed by atoms with van der Waals surface area (Å²) in [5.41, 5.74) is 5.78. The van der Waals surface area contributed by atoms with E-state index in [0.717, 1.165) is 44.7 Å². The van der Waals surface area contributed by atoms with Crippen LogP contribution in [-0.4, -0.2) is 112 Å². The third-order valence-electron chi connectivity index (χ3n) is 11.2. The van der Waals surface area contributed by atoms with E-state index in [1.807, 2.05) is 107 Å². The van der Waals surface area contributed by atoms with Crippen molar-refractivity contribution >= 4 is 52.2 Å². The zero-order chi connectivity index (χ0) is 51.2. The number of halogens is 2. The number of nitrogens with zero attached hydrogens (tertiary/aromatic N) is 10. The molecule has 2 amide bonds. The van der Waals surface area contributed by atoms with Crippen LogP contribution in [0.3, 0.4) is 0 Å². The van der Waals surface area contributed by atoms with Crippen LogP contribution in [0.1, 0.15) is 64.8 Å². The molecule has 70 heavy (non-hydrogen) atoms. The molecule has 0 spiro atoms. The highest BCUT2D eigenvalue weighted by Gasteiger charge is 2.51.